The molecule has 0 aromatic heterocycles. The van der Waals surface area contributed by atoms with Crippen molar-refractivity contribution >= 4 is 34.2 Å². The zero-order chi connectivity index (χ0) is 15.9. The van der Waals surface area contributed by atoms with Crippen LogP contribution in [0.1, 0.15) is 52.9 Å². The van der Waals surface area contributed by atoms with Crippen LogP contribution in [0.5, 0.6) is 0 Å². The summed E-state index contributed by atoms with van der Waals surface area (Å²) in [6.07, 6.45) is 4.68. The summed E-state index contributed by atoms with van der Waals surface area (Å²) >= 11 is 6.77. The number of carbonyl (C=O) groups excluding carboxylic acids is 1. The second kappa shape index (κ2) is 8.60. The summed E-state index contributed by atoms with van der Waals surface area (Å²) in [5.41, 5.74) is -0.666. The van der Waals surface area contributed by atoms with Crippen molar-refractivity contribution in [1.82, 2.24) is 10.2 Å². The van der Waals surface area contributed by atoms with Crippen molar-refractivity contribution < 1.29 is 4.79 Å². The first-order valence-electron chi connectivity index (χ1n) is 7.67. The molecule has 0 heterocycles. The van der Waals surface area contributed by atoms with E-state index in [0.717, 1.165) is 49.5 Å². The smallest absolute Gasteiger partial charge is 0.234 e. The Balaban J connectivity index is 2.58. The van der Waals surface area contributed by atoms with E-state index in [0.29, 0.717) is 0 Å². The van der Waals surface area contributed by atoms with Gasteiger partial charge < -0.3 is 10.2 Å². The number of rotatable bonds is 5. The van der Waals surface area contributed by atoms with E-state index in [2.05, 4.69) is 16.3 Å². The molecule has 0 aromatic carbocycles. The van der Waals surface area contributed by atoms with Gasteiger partial charge >= 0.3 is 0 Å². The van der Waals surface area contributed by atoms with Gasteiger partial charge in [0.25, 0.3) is 0 Å². The van der Waals surface area contributed by atoms with Crippen LogP contribution >= 0.6 is 24.0 Å². The molecule has 0 unspecified atom stereocenters. The fraction of sp³-hybridized carbons (Fsp3) is 0.800. The number of nitrogens with zero attached hydrogens (tertiary/aromatic N) is 2. The van der Waals surface area contributed by atoms with Crippen molar-refractivity contribution in [2.24, 2.45) is 0 Å². The van der Waals surface area contributed by atoms with Gasteiger partial charge in [-0.25, -0.2) is 0 Å². The molecule has 1 fully saturated rings. The minimum absolute atomic E-state index is 0.0852. The molecule has 0 aliphatic heterocycles. The molecular formula is C15H25N3OS2. The number of hydrogen-bond acceptors (Lipinski definition) is 4. The average Bonchev–Trinajstić information content (AvgIpc) is 2.49. The highest BCUT2D eigenvalue weighted by Gasteiger charge is 2.35. The van der Waals surface area contributed by atoms with E-state index in [4.69, 9.17) is 12.2 Å². The van der Waals surface area contributed by atoms with E-state index < -0.39 is 5.54 Å². The van der Waals surface area contributed by atoms with E-state index in [1.807, 2.05) is 20.8 Å². The Morgan fingerprint density at radius 3 is 2.43 bits per heavy atom. The van der Waals surface area contributed by atoms with Gasteiger partial charge in [0.15, 0.2) is 0 Å². The molecule has 118 valence electrons. The maximum atomic E-state index is 12.3. The number of amides is 1. The third-order valence-electron chi connectivity index (χ3n) is 3.95. The van der Waals surface area contributed by atoms with Gasteiger partial charge in [-0.1, -0.05) is 43.2 Å². The number of thiocarbonyl (C=S) groups is 1. The van der Waals surface area contributed by atoms with E-state index in [1.165, 1.54) is 11.8 Å². The predicted octanol–water partition coefficient (Wildman–Crippen LogP) is 3.08. The first-order valence-corrected chi connectivity index (χ1v) is 8.95. The summed E-state index contributed by atoms with van der Waals surface area (Å²) in [5, 5.41) is 12.1. The van der Waals surface area contributed by atoms with Crippen LogP contribution < -0.4 is 5.32 Å². The highest BCUT2D eigenvalue weighted by atomic mass is 32.2. The molecule has 1 N–H and O–H groups in total. The van der Waals surface area contributed by atoms with Crippen LogP contribution in [-0.2, 0) is 4.79 Å². The van der Waals surface area contributed by atoms with E-state index in [-0.39, 0.29) is 11.2 Å². The lowest BCUT2D eigenvalue weighted by Gasteiger charge is -2.32. The van der Waals surface area contributed by atoms with Crippen LogP contribution in [0, 0.1) is 11.3 Å². The fourth-order valence-corrected chi connectivity index (χ4v) is 4.09. The van der Waals surface area contributed by atoms with Gasteiger partial charge in [-0.15, -0.1) is 0 Å². The molecule has 1 atom stereocenters. The van der Waals surface area contributed by atoms with Crippen molar-refractivity contribution in [3.05, 3.63) is 0 Å². The summed E-state index contributed by atoms with van der Waals surface area (Å²) in [7, 11) is 0. The summed E-state index contributed by atoms with van der Waals surface area (Å²) in [6, 6.07) is 2.32. The minimum Gasteiger partial charge on any atom is -0.358 e. The van der Waals surface area contributed by atoms with Crippen LogP contribution in [0.2, 0.25) is 0 Å². The Hall–Kier alpha value is -0.800. The van der Waals surface area contributed by atoms with Crippen molar-refractivity contribution in [1.29, 1.82) is 5.26 Å². The summed E-state index contributed by atoms with van der Waals surface area (Å²) < 4.78 is 0.748. The third-order valence-corrected chi connectivity index (χ3v) is 5.53. The van der Waals surface area contributed by atoms with Crippen LogP contribution in [0.15, 0.2) is 0 Å². The Morgan fingerprint density at radius 2 is 1.95 bits per heavy atom. The highest BCUT2D eigenvalue weighted by molar-refractivity contribution is 8.23. The molecule has 6 heteroatoms. The maximum Gasteiger partial charge on any atom is 0.234 e. The topological polar surface area (TPSA) is 56.1 Å². The first kappa shape index (κ1) is 18.2. The number of nitrogens with one attached hydrogen (secondary N) is 1. The van der Waals surface area contributed by atoms with Gasteiger partial charge in [-0.2, -0.15) is 5.26 Å². The Morgan fingerprint density at radius 1 is 1.38 bits per heavy atom. The average molecular weight is 328 g/mol. The Labute approximate surface area is 137 Å². The summed E-state index contributed by atoms with van der Waals surface area (Å²) in [5.74, 6) is -0.0852. The molecule has 0 bridgehead atoms. The van der Waals surface area contributed by atoms with Gasteiger partial charge in [0.2, 0.25) is 5.91 Å². The van der Waals surface area contributed by atoms with Gasteiger partial charge in [0, 0.05) is 13.1 Å². The molecule has 0 saturated heterocycles. The zero-order valence-electron chi connectivity index (χ0n) is 13.1. The van der Waals surface area contributed by atoms with Crippen molar-refractivity contribution in [2.45, 2.75) is 63.7 Å². The molecular weight excluding hydrogens is 302 g/mol. The molecule has 1 amide bonds. The number of thioether (sulfide) groups is 1. The molecule has 1 aliphatic rings. The molecule has 0 spiro atoms. The normalized spacial score (nSPS) is 18.4. The summed E-state index contributed by atoms with van der Waals surface area (Å²) in [6.45, 7) is 7.64. The number of nitriles is 1. The van der Waals surface area contributed by atoms with E-state index >= 15 is 0 Å². The molecule has 0 aromatic rings. The van der Waals surface area contributed by atoms with Crippen molar-refractivity contribution in [3.63, 3.8) is 0 Å². The monoisotopic (exact) mass is 327 g/mol. The quantitative estimate of drug-likeness (QED) is 0.787. The molecule has 1 aliphatic carbocycles. The van der Waals surface area contributed by atoms with E-state index in [9.17, 15) is 10.1 Å². The maximum absolute atomic E-state index is 12.3. The first-order chi connectivity index (χ1) is 9.98. The number of hydrogen-bond donors (Lipinski definition) is 1. The molecule has 4 nitrogen and oxygen atoms in total. The lowest BCUT2D eigenvalue weighted by atomic mass is 9.83. The van der Waals surface area contributed by atoms with Gasteiger partial charge in [-0.05, 0) is 33.6 Å². The zero-order valence-corrected chi connectivity index (χ0v) is 14.8. The lowest BCUT2D eigenvalue weighted by Crippen LogP contribution is -2.51. The molecule has 1 rings (SSSR count). The lowest BCUT2D eigenvalue weighted by molar-refractivity contribution is -0.121. The van der Waals surface area contributed by atoms with Crippen molar-refractivity contribution in [3.8, 4) is 6.07 Å². The van der Waals surface area contributed by atoms with Gasteiger partial charge in [-0.3, -0.25) is 4.79 Å². The van der Waals surface area contributed by atoms with Crippen LogP contribution in [0.4, 0.5) is 0 Å². The largest absolute Gasteiger partial charge is 0.358 e. The Kier molecular flexibility index (Phi) is 7.47. The summed E-state index contributed by atoms with van der Waals surface area (Å²) in [4.78, 5) is 14.4. The third kappa shape index (κ3) is 5.15. The Bertz CT molecular complexity index is 410. The van der Waals surface area contributed by atoms with Gasteiger partial charge in [0.05, 0.1) is 11.3 Å². The van der Waals surface area contributed by atoms with Crippen LogP contribution in [0.25, 0.3) is 0 Å². The number of carbonyl (C=O) groups is 1. The second-order valence-corrected chi connectivity index (χ2v) is 7.42. The fourth-order valence-electron chi connectivity index (χ4n) is 2.52. The van der Waals surface area contributed by atoms with Gasteiger partial charge in [0.1, 0.15) is 9.86 Å². The van der Waals surface area contributed by atoms with Crippen LogP contribution in [-0.4, -0.2) is 39.0 Å². The SMILES string of the molecule is CCN(CC)C(=S)S[C@H](C)C(=O)NC1(C#N)CCCCC1. The second-order valence-electron chi connectivity index (χ2n) is 5.44. The predicted molar refractivity (Wildman–Crippen MR) is 92.1 cm³/mol. The minimum atomic E-state index is -0.666. The standard InChI is InChI=1S/C15H25N3OS2/c1-4-18(5-2)14(20)21-12(3)13(19)17-15(11-16)9-7-6-8-10-15/h12H,4-10H2,1-3H3,(H,17,19)/t12-/m1/s1. The van der Waals surface area contributed by atoms with E-state index in [1.54, 1.807) is 0 Å². The molecule has 21 heavy (non-hydrogen) atoms. The van der Waals surface area contributed by atoms with Crippen LogP contribution in [0.3, 0.4) is 0 Å². The van der Waals surface area contributed by atoms with Crippen molar-refractivity contribution in [2.75, 3.05) is 13.1 Å². The molecule has 0 radical (unpaired) electrons. The highest BCUT2D eigenvalue weighted by Crippen LogP contribution is 2.28. The molecule has 1 saturated carbocycles.